The molecule has 158 valence electrons. The first-order valence-corrected chi connectivity index (χ1v) is 11.2. The van der Waals surface area contributed by atoms with Crippen LogP contribution in [0.4, 0.5) is 0 Å². The number of benzene rings is 1. The molecule has 0 unspecified atom stereocenters. The molecule has 1 spiro atoms. The number of esters is 1. The third-order valence-corrected chi connectivity index (χ3v) is 8.32. The van der Waals surface area contributed by atoms with Crippen molar-refractivity contribution < 1.29 is 19.0 Å². The Morgan fingerprint density at radius 2 is 2.14 bits per heavy atom. The van der Waals surface area contributed by atoms with Crippen molar-refractivity contribution >= 4 is 5.97 Å². The Bertz CT molecular complexity index is 797. The second-order valence-electron chi connectivity index (χ2n) is 9.81. The number of hydrogen-bond donors (Lipinski definition) is 1. The van der Waals surface area contributed by atoms with Crippen molar-refractivity contribution in [2.45, 2.75) is 63.8 Å². The van der Waals surface area contributed by atoms with Crippen molar-refractivity contribution in [1.82, 2.24) is 5.32 Å². The zero-order chi connectivity index (χ0) is 20.2. The zero-order valence-electron chi connectivity index (χ0n) is 17.8. The van der Waals surface area contributed by atoms with Crippen LogP contribution in [0.25, 0.3) is 0 Å². The molecule has 29 heavy (non-hydrogen) atoms. The minimum atomic E-state index is -0.0966. The van der Waals surface area contributed by atoms with E-state index in [1.165, 1.54) is 24.8 Å². The summed E-state index contributed by atoms with van der Waals surface area (Å²) in [6.07, 6.45) is 5.74. The van der Waals surface area contributed by atoms with E-state index in [2.05, 4.69) is 25.2 Å². The highest BCUT2D eigenvalue weighted by Gasteiger charge is 2.78. The number of para-hydroxylation sites is 1. The van der Waals surface area contributed by atoms with E-state index in [9.17, 15) is 4.79 Å². The lowest BCUT2D eigenvalue weighted by Gasteiger charge is -2.48. The third kappa shape index (κ3) is 2.84. The number of ether oxygens (including phenoxy) is 3. The molecule has 4 aliphatic rings. The van der Waals surface area contributed by atoms with Gasteiger partial charge in [-0.15, -0.1) is 0 Å². The number of carbonyl (C=O) groups is 1. The van der Waals surface area contributed by atoms with Crippen LogP contribution in [0.15, 0.2) is 24.3 Å². The van der Waals surface area contributed by atoms with Gasteiger partial charge in [-0.25, -0.2) is 0 Å². The Labute approximate surface area is 173 Å². The quantitative estimate of drug-likeness (QED) is 0.452. The van der Waals surface area contributed by atoms with E-state index >= 15 is 0 Å². The zero-order valence-corrected chi connectivity index (χ0v) is 17.8. The van der Waals surface area contributed by atoms with Crippen LogP contribution in [0.2, 0.25) is 0 Å². The topological polar surface area (TPSA) is 60.1 Å². The molecule has 7 atom stereocenters. The van der Waals surface area contributed by atoms with Crippen LogP contribution in [-0.2, 0) is 20.7 Å². The molecule has 1 N–H and O–H groups in total. The van der Waals surface area contributed by atoms with Gasteiger partial charge in [0.2, 0.25) is 0 Å². The summed E-state index contributed by atoms with van der Waals surface area (Å²) >= 11 is 0. The summed E-state index contributed by atoms with van der Waals surface area (Å²) in [4.78, 5) is 12.7. The Morgan fingerprint density at radius 3 is 2.97 bits per heavy atom. The van der Waals surface area contributed by atoms with Gasteiger partial charge in [-0.1, -0.05) is 38.5 Å². The van der Waals surface area contributed by atoms with E-state index in [1.807, 2.05) is 18.2 Å². The van der Waals surface area contributed by atoms with E-state index < -0.39 is 0 Å². The molecule has 4 fully saturated rings. The second-order valence-corrected chi connectivity index (χ2v) is 9.81. The van der Waals surface area contributed by atoms with Gasteiger partial charge < -0.3 is 19.5 Å². The van der Waals surface area contributed by atoms with Crippen LogP contribution in [-0.4, -0.2) is 44.0 Å². The van der Waals surface area contributed by atoms with Crippen LogP contribution in [0.5, 0.6) is 5.75 Å². The van der Waals surface area contributed by atoms with Crippen molar-refractivity contribution in [2.75, 3.05) is 20.2 Å². The summed E-state index contributed by atoms with van der Waals surface area (Å²) < 4.78 is 17.8. The molecular weight excluding hydrogens is 366 g/mol. The number of epoxide rings is 1. The van der Waals surface area contributed by atoms with Gasteiger partial charge in [0.15, 0.2) is 0 Å². The highest BCUT2D eigenvalue weighted by molar-refractivity contribution is 5.76. The Hall–Kier alpha value is -1.59. The van der Waals surface area contributed by atoms with Gasteiger partial charge in [-0.2, -0.15) is 0 Å². The van der Waals surface area contributed by atoms with E-state index in [1.54, 1.807) is 7.11 Å². The molecule has 2 heterocycles. The number of hydrogen-bond acceptors (Lipinski definition) is 5. The van der Waals surface area contributed by atoms with E-state index in [-0.39, 0.29) is 41.0 Å². The largest absolute Gasteiger partial charge is 0.496 e. The Kier molecular flexibility index (Phi) is 4.67. The number of carbonyl (C=O) groups excluding carboxylic acids is 1. The maximum atomic E-state index is 12.7. The summed E-state index contributed by atoms with van der Waals surface area (Å²) in [5.74, 6) is 1.56. The first kappa shape index (κ1) is 19.4. The van der Waals surface area contributed by atoms with Crippen molar-refractivity contribution in [3.63, 3.8) is 0 Å². The first-order valence-electron chi connectivity index (χ1n) is 11.2. The normalized spacial score (nSPS) is 42.4. The lowest BCUT2D eigenvalue weighted by Crippen LogP contribution is -2.54. The average Bonchev–Trinajstić information content (AvgIpc) is 3.39. The van der Waals surface area contributed by atoms with Gasteiger partial charge in [0, 0.05) is 17.9 Å². The number of nitrogens with one attached hydrogen (secondary N) is 1. The highest BCUT2D eigenvalue weighted by Crippen LogP contribution is 2.70. The summed E-state index contributed by atoms with van der Waals surface area (Å²) in [6, 6.07) is 8.10. The Balaban J connectivity index is 1.24. The molecule has 2 aliphatic carbocycles. The van der Waals surface area contributed by atoms with Gasteiger partial charge in [-0.05, 0) is 49.8 Å². The third-order valence-electron chi connectivity index (χ3n) is 8.32. The first-order chi connectivity index (χ1) is 14.0. The molecule has 0 aromatic heterocycles. The van der Waals surface area contributed by atoms with Crippen LogP contribution >= 0.6 is 0 Å². The highest BCUT2D eigenvalue weighted by atomic mass is 16.6. The molecule has 5 nitrogen and oxygen atoms in total. The minimum absolute atomic E-state index is 0.0178. The predicted molar refractivity (Wildman–Crippen MR) is 110 cm³/mol. The summed E-state index contributed by atoms with van der Waals surface area (Å²) in [5, 5.41) is 3.51. The fourth-order valence-electron chi connectivity index (χ4n) is 6.86. The van der Waals surface area contributed by atoms with Gasteiger partial charge in [-0.3, -0.25) is 4.79 Å². The van der Waals surface area contributed by atoms with Crippen molar-refractivity contribution in [3.8, 4) is 5.75 Å². The summed E-state index contributed by atoms with van der Waals surface area (Å²) in [7, 11) is 1.70. The predicted octanol–water partition coefficient (Wildman–Crippen LogP) is 3.35. The molecule has 0 amide bonds. The molecule has 5 heteroatoms. The van der Waals surface area contributed by atoms with Gasteiger partial charge in [0.05, 0.1) is 19.1 Å². The minimum Gasteiger partial charge on any atom is -0.496 e. The van der Waals surface area contributed by atoms with Crippen molar-refractivity contribution in [1.29, 1.82) is 0 Å². The molecular formula is C24H33NO4. The van der Waals surface area contributed by atoms with E-state index in [0.29, 0.717) is 12.5 Å². The van der Waals surface area contributed by atoms with Crippen LogP contribution in [0, 0.1) is 23.2 Å². The molecule has 2 saturated heterocycles. The molecule has 1 aromatic carbocycles. The molecule has 0 radical (unpaired) electrons. The second kappa shape index (κ2) is 6.98. The van der Waals surface area contributed by atoms with Crippen LogP contribution in [0.3, 0.4) is 0 Å². The molecule has 0 bridgehead atoms. The SMILES string of the molecule is COc1ccccc1CCNC[C@H]1C(=O)O[C@@H]2C[C@]3(C)CCC[C@@H](C)[C@]34O[C@H]4[C@H]21. The number of rotatable bonds is 6. The maximum absolute atomic E-state index is 12.7. The number of methoxy groups -OCH3 is 1. The molecule has 5 rings (SSSR count). The molecule has 1 aromatic rings. The molecule has 2 saturated carbocycles. The van der Waals surface area contributed by atoms with Gasteiger partial charge in [0.1, 0.15) is 17.5 Å². The number of fused-ring (bicyclic) bond motifs is 2. The molecule has 2 aliphatic heterocycles. The maximum Gasteiger partial charge on any atom is 0.311 e. The monoisotopic (exact) mass is 399 g/mol. The lowest BCUT2D eigenvalue weighted by molar-refractivity contribution is -0.146. The van der Waals surface area contributed by atoms with Crippen LogP contribution < -0.4 is 10.1 Å². The fourth-order valence-corrected chi connectivity index (χ4v) is 6.86. The lowest BCUT2D eigenvalue weighted by atomic mass is 9.53. The van der Waals surface area contributed by atoms with Crippen molar-refractivity contribution in [3.05, 3.63) is 29.8 Å². The Morgan fingerprint density at radius 1 is 1.31 bits per heavy atom. The fraction of sp³-hybridized carbons (Fsp3) is 0.708. The van der Waals surface area contributed by atoms with Gasteiger partial charge in [0.25, 0.3) is 0 Å². The smallest absolute Gasteiger partial charge is 0.311 e. The summed E-state index contributed by atoms with van der Waals surface area (Å²) in [5.41, 5.74) is 1.32. The summed E-state index contributed by atoms with van der Waals surface area (Å²) in [6.45, 7) is 6.18. The van der Waals surface area contributed by atoms with Crippen LogP contribution in [0.1, 0.15) is 45.1 Å². The standard InChI is InChI=1S/C24H33NO4/c1-15-7-6-11-23(2)13-19-20(21-24(15,23)29-21)17(22(26)28-19)14-25-12-10-16-8-4-5-9-18(16)27-3/h4-5,8-9,15,17,19-21,25H,6-7,10-14H2,1-3H3/t15-,17-,19-,20+,21+,23+,24-/m1/s1. The van der Waals surface area contributed by atoms with Gasteiger partial charge >= 0.3 is 5.97 Å². The van der Waals surface area contributed by atoms with E-state index in [4.69, 9.17) is 14.2 Å². The van der Waals surface area contributed by atoms with E-state index in [0.717, 1.165) is 25.1 Å². The average molecular weight is 400 g/mol. The van der Waals surface area contributed by atoms with Crippen molar-refractivity contribution in [2.24, 2.45) is 23.2 Å².